The van der Waals surface area contributed by atoms with Crippen molar-refractivity contribution in [3.63, 3.8) is 0 Å². The first-order chi connectivity index (χ1) is 12.5. The minimum absolute atomic E-state index is 0.0135. The van der Waals surface area contributed by atoms with Crippen molar-refractivity contribution in [3.05, 3.63) is 59.5 Å². The summed E-state index contributed by atoms with van der Waals surface area (Å²) in [5.74, 6) is 0.283. The predicted octanol–water partition coefficient (Wildman–Crippen LogP) is 1.37. The number of halogens is 1. The average Bonchev–Trinajstić information content (AvgIpc) is 3.03. The minimum Gasteiger partial charge on any atom is -0.349 e. The number of nitrogens with one attached hydrogen (secondary N) is 2. The van der Waals surface area contributed by atoms with E-state index in [0.717, 1.165) is 0 Å². The molecule has 26 heavy (non-hydrogen) atoms. The second kappa shape index (κ2) is 7.81. The van der Waals surface area contributed by atoms with Crippen LogP contribution in [0.4, 0.5) is 0 Å². The van der Waals surface area contributed by atoms with Crippen molar-refractivity contribution in [2.75, 3.05) is 6.54 Å². The first kappa shape index (κ1) is 18.3. The molecule has 0 atom stereocenters. The van der Waals surface area contributed by atoms with Gasteiger partial charge in [0.25, 0.3) is 0 Å². The van der Waals surface area contributed by atoms with Crippen molar-refractivity contribution in [1.29, 1.82) is 0 Å². The molecule has 8 nitrogen and oxygen atoms in total. The Kier molecular flexibility index (Phi) is 5.50. The van der Waals surface area contributed by atoms with E-state index in [4.69, 9.17) is 11.6 Å². The van der Waals surface area contributed by atoms with Gasteiger partial charge >= 0.3 is 0 Å². The van der Waals surface area contributed by atoms with Gasteiger partial charge in [0.1, 0.15) is 4.90 Å². The van der Waals surface area contributed by atoms with Gasteiger partial charge in [-0.3, -0.25) is 9.20 Å². The lowest BCUT2D eigenvalue weighted by atomic mass is 10.4. The van der Waals surface area contributed by atoms with E-state index in [1.165, 1.54) is 12.1 Å². The monoisotopic (exact) mass is 393 g/mol. The molecule has 0 unspecified atom stereocenters. The van der Waals surface area contributed by atoms with Gasteiger partial charge in [-0.25, -0.2) is 13.1 Å². The van der Waals surface area contributed by atoms with Crippen LogP contribution < -0.4 is 10.0 Å². The fraction of sp³-hybridized carbons (Fsp3) is 0.188. The number of sulfonamides is 1. The van der Waals surface area contributed by atoms with Crippen molar-refractivity contribution in [2.24, 2.45) is 0 Å². The van der Waals surface area contributed by atoms with E-state index >= 15 is 0 Å². The molecule has 0 saturated heterocycles. The molecule has 0 aliphatic rings. The van der Waals surface area contributed by atoms with Crippen LogP contribution in [0.25, 0.3) is 5.65 Å². The normalized spacial score (nSPS) is 11.6. The molecule has 0 saturated carbocycles. The van der Waals surface area contributed by atoms with Gasteiger partial charge in [-0.15, -0.1) is 10.2 Å². The Labute approximate surface area is 155 Å². The molecule has 3 aromatic rings. The van der Waals surface area contributed by atoms with E-state index in [1.807, 2.05) is 18.2 Å². The van der Waals surface area contributed by atoms with Crippen LogP contribution in [-0.4, -0.2) is 35.5 Å². The van der Waals surface area contributed by atoms with E-state index in [0.29, 0.717) is 11.5 Å². The summed E-state index contributed by atoms with van der Waals surface area (Å²) in [6.07, 6.45) is 1.79. The molecular weight excluding hydrogens is 378 g/mol. The number of hydrogen-bond acceptors (Lipinski definition) is 5. The molecule has 0 spiro atoms. The Morgan fingerprint density at radius 1 is 1.12 bits per heavy atom. The maximum Gasteiger partial charge on any atom is 0.242 e. The molecule has 10 heteroatoms. The highest BCUT2D eigenvalue weighted by molar-refractivity contribution is 7.89. The fourth-order valence-electron chi connectivity index (χ4n) is 2.32. The fourth-order valence-corrected chi connectivity index (χ4v) is 3.87. The van der Waals surface area contributed by atoms with E-state index < -0.39 is 10.0 Å². The zero-order valence-corrected chi connectivity index (χ0v) is 15.2. The van der Waals surface area contributed by atoms with Gasteiger partial charge in [-0.05, 0) is 24.3 Å². The average molecular weight is 394 g/mol. The zero-order chi connectivity index (χ0) is 18.6. The summed E-state index contributed by atoms with van der Waals surface area (Å²) in [6, 6.07) is 11.6. The van der Waals surface area contributed by atoms with Gasteiger partial charge in [-0.1, -0.05) is 29.8 Å². The smallest absolute Gasteiger partial charge is 0.242 e. The third-order valence-electron chi connectivity index (χ3n) is 3.60. The first-order valence-electron chi connectivity index (χ1n) is 7.77. The second-order valence-electron chi connectivity index (χ2n) is 5.40. The molecule has 2 heterocycles. The van der Waals surface area contributed by atoms with E-state index in [9.17, 15) is 13.2 Å². The number of carbonyl (C=O) groups is 1. The van der Waals surface area contributed by atoms with Gasteiger partial charge in [0, 0.05) is 19.2 Å². The molecule has 0 bridgehead atoms. The molecular formula is C16H16ClN5O3S. The Bertz CT molecular complexity index is 1040. The summed E-state index contributed by atoms with van der Waals surface area (Å²) in [5.41, 5.74) is 0.684. The van der Waals surface area contributed by atoms with Crippen molar-refractivity contribution in [2.45, 2.75) is 17.9 Å². The summed E-state index contributed by atoms with van der Waals surface area (Å²) >= 11 is 5.89. The molecule has 2 aromatic heterocycles. The molecule has 1 amide bonds. The van der Waals surface area contributed by atoms with Crippen molar-refractivity contribution in [3.8, 4) is 0 Å². The standard InChI is InChI=1S/C16H16ClN5O3S/c17-12-5-1-2-6-13(12)26(24,25)19-9-8-16(23)18-11-15-21-20-14-7-3-4-10-22(14)15/h1-7,10,19H,8-9,11H2,(H,18,23). The summed E-state index contributed by atoms with van der Waals surface area (Å²) in [7, 11) is -3.76. The van der Waals surface area contributed by atoms with Crippen molar-refractivity contribution < 1.29 is 13.2 Å². The third kappa shape index (κ3) is 4.18. The Morgan fingerprint density at radius 2 is 1.88 bits per heavy atom. The number of benzene rings is 1. The van der Waals surface area contributed by atoms with Crippen LogP contribution in [0.5, 0.6) is 0 Å². The zero-order valence-electron chi connectivity index (χ0n) is 13.6. The second-order valence-corrected chi connectivity index (χ2v) is 7.54. The van der Waals surface area contributed by atoms with Crippen LogP contribution in [-0.2, 0) is 21.4 Å². The molecule has 0 aliphatic heterocycles. The number of rotatable bonds is 7. The molecule has 0 aliphatic carbocycles. The minimum atomic E-state index is -3.76. The number of pyridine rings is 1. The lowest BCUT2D eigenvalue weighted by Crippen LogP contribution is -2.31. The maximum atomic E-state index is 12.2. The highest BCUT2D eigenvalue weighted by atomic mass is 35.5. The Morgan fingerprint density at radius 3 is 2.69 bits per heavy atom. The molecule has 0 fully saturated rings. The summed E-state index contributed by atoms with van der Waals surface area (Å²) < 4.78 is 28.5. The number of hydrogen-bond donors (Lipinski definition) is 2. The van der Waals surface area contributed by atoms with Crippen molar-refractivity contribution >= 4 is 33.2 Å². The largest absolute Gasteiger partial charge is 0.349 e. The van der Waals surface area contributed by atoms with Crippen molar-refractivity contribution in [1.82, 2.24) is 24.6 Å². The number of amides is 1. The SMILES string of the molecule is O=C(CCNS(=O)(=O)c1ccccc1Cl)NCc1nnc2ccccn12. The first-order valence-corrected chi connectivity index (χ1v) is 9.63. The van der Waals surface area contributed by atoms with Gasteiger partial charge in [0.05, 0.1) is 11.6 Å². The van der Waals surface area contributed by atoms with Gasteiger partial charge in [0.2, 0.25) is 15.9 Å². The van der Waals surface area contributed by atoms with Gasteiger partial charge in [-0.2, -0.15) is 0 Å². The number of carbonyl (C=O) groups excluding carboxylic acids is 1. The summed E-state index contributed by atoms with van der Waals surface area (Å²) in [5, 5.41) is 10.8. The topological polar surface area (TPSA) is 105 Å². The van der Waals surface area contributed by atoms with Crippen LogP contribution in [0.1, 0.15) is 12.2 Å². The van der Waals surface area contributed by atoms with Gasteiger partial charge in [0.15, 0.2) is 11.5 Å². The number of fused-ring (bicyclic) bond motifs is 1. The molecule has 136 valence electrons. The molecule has 1 aromatic carbocycles. The Balaban J connectivity index is 1.51. The van der Waals surface area contributed by atoms with Crippen LogP contribution in [0, 0.1) is 0 Å². The molecule has 3 rings (SSSR count). The predicted molar refractivity (Wildman–Crippen MR) is 96.1 cm³/mol. The van der Waals surface area contributed by atoms with Crippen LogP contribution in [0.2, 0.25) is 5.02 Å². The lowest BCUT2D eigenvalue weighted by Gasteiger charge is -2.08. The van der Waals surface area contributed by atoms with Crippen LogP contribution in [0.3, 0.4) is 0 Å². The Hall–Kier alpha value is -2.49. The lowest BCUT2D eigenvalue weighted by molar-refractivity contribution is -0.121. The number of nitrogens with zero attached hydrogens (tertiary/aromatic N) is 3. The van der Waals surface area contributed by atoms with E-state index in [-0.39, 0.29) is 35.3 Å². The van der Waals surface area contributed by atoms with Crippen LogP contribution >= 0.6 is 11.6 Å². The number of aromatic nitrogens is 3. The molecule has 2 N–H and O–H groups in total. The van der Waals surface area contributed by atoms with E-state index in [2.05, 4.69) is 20.2 Å². The maximum absolute atomic E-state index is 12.2. The van der Waals surface area contributed by atoms with Crippen LogP contribution in [0.15, 0.2) is 53.6 Å². The van der Waals surface area contributed by atoms with Gasteiger partial charge < -0.3 is 5.32 Å². The summed E-state index contributed by atoms with van der Waals surface area (Å²) in [4.78, 5) is 11.9. The van der Waals surface area contributed by atoms with E-state index in [1.54, 1.807) is 22.7 Å². The molecule has 0 radical (unpaired) electrons. The summed E-state index contributed by atoms with van der Waals surface area (Å²) in [6.45, 7) is 0.154. The third-order valence-corrected chi connectivity index (χ3v) is 5.56. The highest BCUT2D eigenvalue weighted by Gasteiger charge is 2.17. The highest BCUT2D eigenvalue weighted by Crippen LogP contribution is 2.19. The quantitative estimate of drug-likeness (QED) is 0.630.